The summed E-state index contributed by atoms with van der Waals surface area (Å²) in [7, 11) is -1.68. The summed E-state index contributed by atoms with van der Waals surface area (Å²) in [5, 5.41) is 13.5. The first-order valence-corrected chi connectivity index (χ1v) is 14.2. The van der Waals surface area contributed by atoms with Crippen LogP contribution in [-0.2, 0) is 6.16 Å². The van der Waals surface area contributed by atoms with Gasteiger partial charge in [0.2, 0.25) is 0 Å². The molecule has 0 saturated heterocycles. The molecule has 0 aliphatic heterocycles. The van der Waals surface area contributed by atoms with E-state index in [1.807, 2.05) is 12.1 Å². The summed E-state index contributed by atoms with van der Waals surface area (Å²) >= 11 is 0. The lowest BCUT2D eigenvalue weighted by Crippen LogP contribution is -2.26. The smallest absolute Gasteiger partial charge is 0.122 e. The number of hydrogen-bond donors (Lipinski definition) is 1. The normalized spacial score (nSPS) is 11.5. The molecule has 0 heterocycles. The van der Waals surface area contributed by atoms with Crippen LogP contribution in [0.4, 0.5) is 0 Å². The van der Waals surface area contributed by atoms with Crippen LogP contribution in [0.25, 0.3) is 0 Å². The van der Waals surface area contributed by atoms with Crippen LogP contribution in [0, 0.1) is 0 Å². The maximum atomic E-state index is 10.6. The third-order valence-electron chi connectivity index (χ3n) is 6.33. The molecule has 0 fully saturated rings. The molecule has 0 aliphatic carbocycles. The van der Waals surface area contributed by atoms with Crippen molar-refractivity contribution in [1.82, 2.24) is 0 Å². The average molecular weight is 434 g/mol. The molecule has 0 unspecified atom stereocenters. The SMILES string of the molecule is CCCCCCCCCC[P+](Cc1ccccc1O)(c1ccccc1)c1ccccc1. The third-order valence-corrected chi connectivity index (χ3v) is 10.9. The van der Waals surface area contributed by atoms with Crippen LogP contribution in [0.5, 0.6) is 5.75 Å². The van der Waals surface area contributed by atoms with Gasteiger partial charge in [0.05, 0.1) is 30.2 Å². The minimum absolute atomic E-state index is 0.426. The highest BCUT2D eigenvalue weighted by Gasteiger charge is 2.42. The summed E-state index contributed by atoms with van der Waals surface area (Å²) in [4.78, 5) is 0. The van der Waals surface area contributed by atoms with Gasteiger partial charge in [-0.3, -0.25) is 0 Å². The topological polar surface area (TPSA) is 20.2 Å². The van der Waals surface area contributed by atoms with Gasteiger partial charge in [-0.1, -0.05) is 100 Å². The van der Waals surface area contributed by atoms with Gasteiger partial charge < -0.3 is 5.11 Å². The summed E-state index contributed by atoms with van der Waals surface area (Å²) in [6, 6.07) is 30.1. The second-order valence-corrected chi connectivity index (χ2v) is 12.4. The van der Waals surface area contributed by atoms with Crippen molar-refractivity contribution in [2.45, 2.75) is 64.5 Å². The summed E-state index contributed by atoms with van der Waals surface area (Å²) < 4.78 is 0. The predicted octanol–water partition coefficient (Wildman–Crippen LogP) is 7.70. The molecule has 31 heavy (non-hydrogen) atoms. The maximum absolute atomic E-state index is 10.6. The van der Waals surface area contributed by atoms with E-state index < -0.39 is 7.26 Å². The van der Waals surface area contributed by atoms with Crippen molar-refractivity contribution < 1.29 is 5.11 Å². The minimum atomic E-state index is -1.68. The molecular formula is C29H38OP+. The second-order valence-electron chi connectivity index (χ2n) is 8.62. The molecule has 0 aromatic heterocycles. The van der Waals surface area contributed by atoms with Gasteiger partial charge in [0.25, 0.3) is 0 Å². The zero-order valence-electron chi connectivity index (χ0n) is 19.0. The quantitative estimate of drug-likeness (QED) is 0.216. The Morgan fingerprint density at radius 3 is 1.61 bits per heavy atom. The van der Waals surface area contributed by atoms with Crippen molar-refractivity contribution in [3.63, 3.8) is 0 Å². The van der Waals surface area contributed by atoms with Gasteiger partial charge in [-0.05, 0) is 43.2 Å². The molecule has 0 bridgehead atoms. The fraction of sp³-hybridized carbons (Fsp3) is 0.379. The molecule has 0 amide bonds. The Balaban J connectivity index is 1.84. The van der Waals surface area contributed by atoms with E-state index in [9.17, 15) is 5.11 Å². The molecule has 164 valence electrons. The molecule has 1 N–H and O–H groups in total. The number of aromatic hydroxyl groups is 1. The Morgan fingerprint density at radius 2 is 1.06 bits per heavy atom. The molecule has 0 aliphatic rings. The highest BCUT2D eigenvalue weighted by molar-refractivity contribution is 7.88. The van der Waals surface area contributed by atoms with Gasteiger partial charge in [0.15, 0.2) is 0 Å². The van der Waals surface area contributed by atoms with E-state index in [2.05, 4.69) is 79.7 Å². The zero-order valence-corrected chi connectivity index (χ0v) is 19.9. The van der Waals surface area contributed by atoms with E-state index in [-0.39, 0.29) is 0 Å². The number of hydrogen-bond acceptors (Lipinski definition) is 1. The van der Waals surface area contributed by atoms with E-state index in [0.29, 0.717) is 5.75 Å². The first kappa shape index (κ1) is 23.6. The molecule has 3 rings (SSSR count). The number of para-hydroxylation sites is 1. The molecule has 3 aromatic rings. The molecule has 0 radical (unpaired) electrons. The van der Waals surface area contributed by atoms with Gasteiger partial charge >= 0.3 is 0 Å². The summed E-state index contributed by atoms with van der Waals surface area (Å²) in [6.07, 6.45) is 12.8. The number of phenolic OH excluding ortho intramolecular Hbond substituents is 1. The van der Waals surface area contributed by atoms with Crippen LogP contribution in [0.2, 0.25) is 0 Å². The van der Waals surface area contributed by atoms with Crippen molar-refractivity contribution >= 4 is 17.9 Å². The molecule has 0 atom stereocenters. The Labute approximate surface area is 189 Å². The van der Waals surface area contributed by atoms with Gasteiger partial charge in [-0.2, -0.15) is 0 Å². The highest BCUT2D eigenvalue weighted by atomic mass is 31.2. The van der Waals surface area contributed by atoms with Crippen LogP contribution >= 0.6 is 7.26 Å². The van der Waals surface area contributed by atoms with Gasteiger partial charge in [0.1, 0.15) is 5.75 Å². The average Bonchev–Trinajstić information content (AvgIpc) is 2.82. The second kappa shape index (κ2) is 12.7. The Morgan fingerprint density at radius 1 is 0.581 bits per heavy atom. The van der Waals surface area contributed by atoms with Crippen molar-refractivity contribution in [2.75, 3.05) is 6.16 Å². The zero-order chi connectivity index (χ0) is 21.8. The fourth-order valence-corrected chi connectivity index (χ4v) is 8.98. The highest BCUT2D eigenvalue weighted by Crippen LogP contribution is 2.60. The first-order valence-electron chi connectivity index (χ1n) is 12.0. The van der Waals surface area contributed by atoms with Crippen molar-refractivity contribution in [3.8, 4) is 5.75 Å². The number of rotatable bonds is 13. The van der Waals surface area contributed by atoms with Crippen LogP contribution in [0.15, 0.2) is 84.9 Å². The summed E-state index contributed by atoms with van der Waals surface area (Å²) in [5.74, 6) is 0.426. The molecule has 0 spiro atoms. The molecule has 0 saturated carbocycles. The van der Waals surface area contributed by atoms with Gasteiger partial charge in [-0.15, -0.1) is 0 Å². The third kappa shape index (κ3) is 6.68. The van der Waals surface area contributed by atoms with E-state index in [1.54, 1.807) is 0 Å². The molecule has 1 nitrogen and oxygen atoms in total. The van der Waals surface area contributed by atoms with E-state index in [1.165, 1.54) is 68.1 Å². The maximum Gasteiger partial charge on any atom is 0.122 e. The van der Waals surface area contributed by atoms with Gasteiger partial charge in [0, 0.05) is 5.56 Å². The van der Waals surface area contributed by atoms with Crippen molar-refractivity contribution in [3.05, 3.63) is 90.5 Å². The largest absolute Gasteiger partial charge is 0.508 e. The predicted molar refractivity (Wildman–Crippen MR) is 138 cm³/mol. The number of phenols is 1. The van der Waals surface area contributed by atoms with Crippen LogP contribution < -0.4 is 10.6 Å². The lowest BCUT2D eigenvalue weighted by atomic mass is 10.1. The van der Waals surface area contributed by atoms with Crippen LogP contribution in [-0.4, -0.2) is 11.3 Å². The monoisotopic (exact) mass is 433 g/mol. The fourth-order valence-electron chi connectivity index (χ4n) is 4.55. The van der Waals surface area contributed by atoms with Crippen LogP contribution in [0.3, 0.4) is 0 Å². The van der Waals surface area contributed by atoms with E-state index in [4.69, 9.17) is 0 Å². The van der Waals surface area contributed by atoms with E-state index >= 15 is 0 Å². The minimum Gasteiger partial charge on any atom is -0.508 e. The Kier molecular flexibility index (Phi) is 9.63. The lowest BCUT2D eigenvalue weighted by Gasteiger charge is -2.28. The van der Waals surface area contributed by atoms with Gasteiger partial charge in [-0.25, -0.2) is 0 Å². The molecule has 2 heteroatoms. The summed E-state index contributed by atoms with van der Waals surface area (Å²) in [5.41, 5.74) is 1.07. The van der Waals surface area contributed by atoms with Crippen molar-refractivity contribution in [1.29, 1.82) is 0 Å². The Hall–Kier alpha value is -2.11. The lowest BCUT2D eigenvalue weighted by molar-refractivity contribution is 0.470. The van der Waals surface area contributed by atoms with Crippen molar-refractivity contribution in [2.24, 2.45) is 0 Å². The first-order chi connectivity index (χ1) is 15.3. The molecule has 3 aromatic carbocycles. The van der Waals surface area contributed by atoms with Crippen LogP contribution in [0.1, 0.15) is 63.9 Å². The number of unbranched alkanes of at least 4 members (excludes halogenated alkanes) is 7. The molecular weight excluding hydrogens is 395 g/mol. The summed E-state index contributed by atoms with van der Waals surface area (Å²) in [6.45, 7) is 2.28. The Bertz CT molecular complexity index is 836. The standard InChI is InChI=1S/C29H37OP/c1-2-3-4-5-6-7-8-17-24-31(27-19-11-9-12-20-27,28-21-13-10-14-22-28)25-26-18-15-16-23-29(26)30/h9-16,18-23H,2-8,17,24-25H2,1H3/p+1. The number of benzene rings is 3. The van der Waals surface area contributed by atoms with E-state index in [0.717, 1.165) is 11.7 Å².